The first-order chi connectivity index (χ1) is 3.55. The molecule has 5 nitrogen and oxygen atoms in total. The van der Waals surface area contributed by atoms with Crippen molar-refractivity contribution in [2.75, 3.05) is 0 Å². The van der Waals surface area contributed by atoms with Crippen molar-refractivity contribution >= 4 is 21.2 Å². The number of hydrogen-bond donors (Lipinski definition) is 2. The molecule has 0 radical (unpaired) electrons. The van der Waals surface area contributed by atoms with E-state index in [1.54, 1.807) is 0 Å². The molecule has 0 rings (SSSR count). The van der Waals surface area contributed by atoms with Gasteiger partial charge in [0.2, 0.25) is 15.9 Å². The maximum absolute atomic E-state index is 10.1. The first-order valence-electron chi connectivity index (χ1n) is 1.69. The zero-order valence-corrected chi connectivity index (χ0v) is 5.88. The second-order valence-electron chi connectivity index (χ2n) is 1.06. The fourth-order valence-electron chi connectivity index (χ4n) is 0.121. The van der Waals surface area contributed by atoms with Crippen LogP contribution >= 0.6 is 15.9 Å². The van der Waals surface area contributed by atoms with Crippen LogP contribution in [0.1, 0.15) is 0 Å². The van der Waals surface area contributed by atoms with E-state index in [2.05, 4.69) is 11.0 Å². The summed E-state index contributed by atoms with van der Waals surface area (Å²) in [6.07, 6.45) is 0. The average molecular weight is 156 g/mol. The maximum atomic E-state index is 10.1. The second-order valence-corrected chi connectivity index (χ2v) is 3.92. The third kappa shape index (κ3) is 2.38. The van der Waals surface area contributed by atoms with Gasteiger partial charge in [-0.25, -0.2) is 0 Å². The van der Waals surface area contributed by atoms with E-state index in [9.17, 15) is 13.9 Å². The lowest BCUT2D eigenvalue weighted by Gasteiger charge is -1.85. The smallest absolute Gasteiger partial charge is 0.271 e. The van der Waals surface area contributed by atoms with Gasteiger partial charge in [-0.05, 0) is 0 Å². The highest BCUT2D eigenvalue weighted by atomic mass is 31.2. The summed E-state index contributed by atoms with van der Waals surface area (Å²) in [5.41, 5.74) is 9.16. The molecule has 0 aliphatic carbocycles. The monoisotopic (exact) mass is 156 g/mol. The highest BCUT2D eigenvalue weighted by Gasteiger charge is 2.09. The van der Waals surface area contributed by atoms with Gasteiger partial charge >= 0.3 is 0 Å². The highest BCUT2D eigenvalue weighted by Crippen LogP contribution is 2.26. The van der Waals surface area contributed by atoms with Gasteiger partial charge in [0.05, 0.1) is 0 Å². The van der Waals surface area contributed by atoms with E-state index >= 15 is 0 Å². The van der Waals surface area contributed by atoms with E-state index in [0.717, 1.165) is 0 Å². The van der Waals surface area contributed by atoms with Gasteiger partial charge in [-0.3, -0.25) is 15.8 Å². The van der Waals surface area contributed by atoms with Crippen LogP contribution in [-0.2, 0) is 9.13 Å². The van der Waals surface area contributed by atoms with Crippen molar-refractivity contribution in [2.45, 2.75) is 0 Å². The fraction of sp³-hybridized carbons (Fsp3) is 0. The van der Waals surface area contributed by atoms with E-state index < -0.39 is 21.2 Å². The van der Waals surface area contributed by atoms with Crippen LogP contribution < -0.4 is 11.0 Å². The number of carbonyl (C=O) groups is 1. The molecule has 0 saturated heterocycles. The highest BCUT2D eigenvalue weighted by molar-refractivity contribution is 7.88. The van der Waals surface area contributed by atoms with Crippen LogP contribution in [0.25, 0.3) is 0 Å². The lowest BCUT2D eigenvalue weighted by molar-refractivity contribution is 0.273. The van der Waals surface area contributed by atoms with Gasteiger partial charge in [-0.1, -0.05) is 0 Å². The summed E-state index contributed by atoms with van der Waals surface area (Å²) in [4.78, 5) is 10.1. The Morgan fingerprint density at radius 3 is 1.38 bits per heavy atom. The first-order valence-corrected chi connectivity index (χ1v) is 4.66. The summed E-state index contributed by atoms with van der Waals surface area (Å²) in [6.45, 7) is 0. The Morgan fingerprint density at radius 2 is 1.38 bits per heavy atom. The molecule has 0 spiro atoms. The molecule has 0 heterocycles. The van der Waals surface area contributed by atoms with Crippen LogP contribution in [0.2, 0.25) is 0 Å². The van der Waals surface area contributed by atoms with Crippen molar-refractivity contribution in [3.63, 3.8) is 0 Å². The van der Waals surface area contributed by atoms with Crippen molar-refractivity contribution in [2.24, 2.45) is 11.0 Å². The van der Waals surface area contributed by atoms with Gasteiger partial charge in [-0.15, -0.1) is 0 Å². The molecule has 0 fully saturated rings. The molecule has 0 aromatic rings. The van der Waals surface area contributed by atoms with E-state index in [1.807, 2.05) is 0 Å². The molecule has 2 atom stereocenters. The largest absolute Gasteiger partial charge is 0.302 e. The third-order valence-electron chi connectivity index (χ3n) is 0.448. The molecule has 0 bridgehead atoms. The minimum atomic E-state index is -2.79. The standard InChI is InChI=1S/CH6N2O3P2/c2-7(5)1(4)8(3)6/h7-8H,(H2,2,5)(H2,3,6). The number of hydrogen-bond acceptors (Lipinski definition) is 3. The Bertz CT molecular complexity index is 137. The molecule has 7 heteroatoms. The fourth-order valence-corrected chi connectivity index (χ4v) is 1.09. The van der Waals surface area contributed by atoms with E-state index in [4.69, 9.17) is 0 Å². The predicted molar refractivity (Wildman–Crippen MR) is 31.8 cm³/mol. The van der Waals surface area contributed by atoms with Gasteiger partial charge in [-0.2, -0.15) is 0 Å². The molecule has 48 valence electrons. The van der Waals surface area contributed by atoms with Crippen LogP contribution in [0.4, 0.5) is 4.79 Å². The molecule has 0 aromatic carbocycles. The predicted octanol–water partition coefficient (Wildman–Crippen LogP) is -0.0268. The summed E-state index contributed by atoms with van der Waals surface area (Å²) in [7, 11) is -5.59. The number of carbonyl (C=O) groups excluding carboxylic acids is 1. The van der Waals surface area contributed by atoms with Crippen LogP contribution in [0.3, 0.4) is 0 Å². The lowest BCUT2D eigenvalue weighted by Crippen LogP contribution is -1.92. The normalized spacial score (nSPS) is 17.2. The van der Waals surface area contributed by atoms with Gasteiger partial charge in [0, 0.05) is 0 Å². The Labute approximate surface area is 47.1 Å². The van der Waals surface area contributed by atoms with Crippen LogP contribution in [-0.4, -0.2) is 5.27 Å². The summed E-state index contributed by atoms with van der Waals surface area (Å²) in [6, 6.07) is 0. The van der Waals surface area contributed by atoms with Gasteiger partial charge in [0.1, 0.15) is 0 Å². The van der Waals surface area contributed by atoms with Crippen molar-refractivity contribution in [3.05, 3.63) is 0 Å². The summed E-state index contributed by atoms with van der Waals surface area (Å²) < 4.78 is 19.9. The molecule has 0 aromatic heterocycles. The lowest BCUT2D eigenvalue weighted by atomic mass is 11.8. The van der Waals surface area contributed by atoms with Crippen LogP contribution in [0.15, 0.2) is 0 Å². The average Bonchev–Trinajstić information content (AvgIpc) is 1.64. The summed E-state index contributed by atoms with van der Waals surface area (Å²) in [5.74, 6) is 0. The van der Waals surface area contributed by atoms with Crippen molar-refractivity contribution < 1.29 is 13.9 Å². The minimum absolute atomic E-state index is 1.000. The Morgan fingerprint density at radius 1 is 1.12 bits per heavy atom. The zero-order valence-electron chi connectivity index (χ0n) is 3.88. The van der Waals surface area contributed by atoms with Gasteiger partial charge in [0.25, 0.3) is 5.27 Å². The molecule has 0 saturated carbocycles. The minimum Gasteiger partial charge on any atom is -0.302 e. The molecule has 0 aliphatic heterocycles. The van der Waals surface area contributed by atoms with Crippen molar-refractivity contribution in [1.29, 1.82) is 0 Å². The Balaban J connectivity index is 4.05. The first kappa shape index (κ1) is 8.05. The third-order valence-corrected chi connectivity index (χ3v) is 2.82. The summed E-state index contributed by atoms with van der Waals surface area (Å²) in [5, 5.41) is -1.000. The molecule has 8 heavy (non-hydrogen) atoms. The van der Waals surface area contributed by atoms with E-state index in [-0.39, 0.29) is 0 Å². The van der Waals surface area contributed by atoms with Crippen molar-refractivity contribution in [3.8, 4) is 0 Å². The van der Waals surface area contributed by atoms with E-state index in [1.165, 1.54) is 0 Å². The molecular weight excluding hydrogens is 150 g/mol. The maximum Gasteiger partial charge on any atom is 0.271 e. The van der Waals surface area contributed by atoms with Crippen LogP contribution in [0.5, 0.6) is 0 Å². The van der Waals surface area contributed by atoms with Crippen LogP contribution in [0, 0.1) is 0 Å². The molecule has 2 unspecified atom stereocenters. The zero-order chi connectivity index (χ0) is 6.73. The SMILES string of the molecule is N[PH](=O)C(=O)[PH](N)=O. The second kappa shape index (κ2) is 3.15. The number of nitrogens with two attached hydrogens (primary N) is 2. The van der Waals surface area contributed by atoms with Gasteiger partial charge < -0.3 is 9.13 Å². The Hall–Kier alpha value is 0.0500. The summed E-state index contributed by atoms with van der Waals surface area (Å²) >= 11 is 0. The van der Waals surface area contributed by atoms with Gasteiger partial charge in [0.15, 0.2) is 0 Å². The Kier molecular flexibility index (Phi) is 3.17. The van der Waals surface area contributed by atoms with Crippen molar-refractivity contribution in [1.82, 2.24) is 0 Å². The topological polar surface area (TPSA) is 103 Å². The number of rotatable bonds is 2. The molecular formula is CH6N2O3P2. The molecule has 0 aliphatic rings. The van der Waals surface area contributed by atoms with E-state index in [0.29, 0.717) is 0 Å². The molecule has 0 amide bonds. The molecule has 4 N–H and O–H groups in total. The quantitative estimate of drug-likeness (QED) is 0.546.